The maximum absolute atomic E-state index is 12.1. The molecular weight excluding hydrogens is 274 g/mol. The molecule has 3 atom stereocenters. The molecule has 3 fully saturated rings. The van der Waals surface area contributed by atoms with Gasteiger partial charge in [0.15, 0.2) is 0 Å². The van der Waals surface area contributed by atoms with Crippen molar-refractivity contribution in [3.8, 4) is 0 Å². The standard InChI is InChI=1S/C14H23N3O4/c1-14(2,3)21-12(18)16-7-10-11(8-16)20-13(19)17(10)9-4-5-15-6-9/h9-11,15H,4-8H2,1-3H3/t9-,10-,11+/m1/s1. The Hall–Kier alpha value is -1.50. The van der Waals surface area contributed by atoms with Crippen LogP contribution in [0.4, 0.5) is 9.59 Å². The Morgan fingerprint density at radius 3 is 2.76 bits per heavy atom. The average molecular weight is 297 g/mol. The van der Waals surface area contributed by atoms with Crippen LogP contribution in [0, 0.1) is 0 Å². The first kappa shape index (κ1) is 14.4. The van der Waals surface area contributed by atoms with Crippen molar-refractivity contribution in [2.45, 2.75) is 51.0 Å². The quantitative estimate of drug-likeness (QED) is 0.775. The lowest BCUT2D eigenvalue weighted by Gasteiger charge is -2.28. The number of hydrogen-bond donors (Lipinski definition) is 1. The van der Waals surface area contributed by atoms with E-state index in [1.807, 2.05) is 25.7 Å². The molecule has 0 aromatic heterocycles. The van der Waals surface area contributed by atoms with Crippen LogP contribution in [0.3, 0.4) is 0 Å². The molecule has 0 radical (unpaired) electrons. The van der Waals surface area contributed by atoms with Crippen molar-refractivity contribution in [3.63, 3.8) is 0 Å². The highest BCUT2D eigenvalue weighted by Gasteiger charge is 2.51. The molecule has 3 heterocycles. The van der Waals surface area contributed by atoms with Crippen LogP contribution < -0.4 is 5.32 Å². The topological polar surface area (TPSA) is 71.1 Å². The van der Waals surface area contributed by atoms with E-state index in [4.69, 9.17) is 9.47 Å². The van der Waals surface area contributed by atoms with Gasteiger partial charge in [0, 0.05) is 19.1 Å². The van der Waals surface area contributed by atoms with Crippen molar-refractivity contribution in [2.24, 2.45) is 0 Å². The molecule has 0 saturated carbocycles. The molecule has 3 rings (SSSR count). The number of rotatable bonds is 1. The summed E-state index contributed by atoms with van der Waals surface area (Å²) in [6.45, 7) is 8.16. The third-order valence-corrected chi connectivity index (χ3v) is 4.14. The summed E-state index contributed by atoms with van der Waals surface area (Å²) >= 11 is 0. The normalized spacial score (nSPS) is 32.3. The Morgan fingerprint density at radius 2 is 2.14 bits per heavy atom. The summed E-state index contributed by atoms with van der Waals surface area (Å²) in [7, 11) is 0. The van der Waals surface area contributed by atoms with Crippen LogP contribution in [0.25, 0.3) is 0 Å². The van der Waals surface area contributed by atoms with E-state index in [-0.39, 0.29) is 30.4 Å². The molecule has 3 aliphatic heterocycles. The number of nitrogens with zero attached hydrogens (tertiary/aromatic N) is 2. The predicted octanol–water partition coefficient (Wildman–Crippen LogP) is 0.788. The second kappa shape index (κ2) is 5.05. The monoisotopic (exact) mass is 297 g/mol. The molecule has 3 saturated heterocycles. The van der Waals surface area contributed by atoms with Crippen LogP contribution in [0.15, 0.2) is 0 Å². The first-order valence-electron chi connectivity index (χ1n) is 7.53. The van der Waals surface area contributed by atoms with Gasteiger partial charge in [0.1, 0.15) is 11.7 Å². The predicted molar refractivity (Wildman–Crippen MR) is 75.0 cm³/mol. The summed E-state index contributed by atoms with van der Waals surface area (Å²) in [6, 6.07) is 0.126. The van der Waals surface area contributed by atoms with E-state index in [0.717, 1.165) is 19.5 Å². The van der Waals surface area contributed by atoms with Gasteiger partial charge in [-0.1, -0.05) is 0 Å². The van der Waals surface area contributed by atoms with Gasteiger partial charge in [-0.2, -0.15) is 0 Å². The van der Waals surface area contributed by atoms with E-state index in [0.29, 0.717) is 13.1 Å². The average Bonchev–Trinajstić information content (AvgIpc) is 3.01. The molecule has 0 unspecified atom stereocenters. The number of carbonyl (C=O) groups excluding carboxylic acids is 2. The lowest BCUT2D eigenvalue weighted by molar-refractivity contribution is 0.0242. The summed E-state index contributed by atoms with van der Waals surface area (Å²) < 4.78 is 10.8. The second-order valence-corrected chi connectivity index (χ2v) is 6.93. The third kappa shape index (κ3) is 2.79. The molecule has 0 aromatic rings. The van der Waals surface area contributed by atoms with Crippen molar-refractivity contribution in [2.75, 3.05) is 26.2 Å². The fourth-order valence-electron chi connectivity index (χ4n) is 3.24. The van der Waals surface area contributed by atoms with E-state index in [1.54, 1.807) is 4.90 Å². The number of likely N-dealkylation sites (tertiary alicyclic amines) is 1. The fourth-order valence-corrected chi connectivity index (χ4v) is 3.24. The van der Waals surface area contributed by atoms with Gasteiger partial charge in [-0.15, -0.1) is 0 Å². The first-order valence-corrected chi connectivity index (χ1v) is 7.53. The molecule has 0 aromatic carbocycles. The molecule has 0 bridgehead atoms. The Morgan fingerprint density at radius 1 is 1.38 bits per heavy atom. The Balaban J connectivity index is 1.66. The Bertz CT molecular complexity index is 442. The maximum Gasteiger partial charge on any atom is 0.410 e. The van der Waals surface area contributed by atoms with Gasteiger partial charge in [0.25, 0.3) is 0 Å². The summed E-state index contributed by atoms with van der Waals surface area (Å²) in [5.41, 5.74) is -0.513. The van der Waals surface area contributed by atoms with Gasteiger partial charge >= 0.3 is 12.2 Å². The van der Waals surface area contributed by atoms with Gasteiger partial charge in [0.05, 0.1) is 12.6 Å². The molecule has 0 aliphatic carbocycles. The molecule has 7 nitrogen and oxygen atoms in total. The van der Waals surface area contributed by atoms with Gasteiger partial charge in [0.2, 0.25) is 0 Å². The highest BCUT2D eigenvalue weighted by Crippen LogP contribution is 2.31. The molecular formula is C14H23N3O4. The zero-order valence-electron chi connectivity index (χ0n) is 12.8. The van der Waals surface area contributed by atoms with E-state index >= 15 is 0 Å². The van der Waals surface area contributed by atoms with E-state index in [9.17, 15) is 9.59 Å². The van der Waals surface area contributed by atoms with Crippen molar-refractivity contribution in [1.29, 1.82) is 0 Å². The number of fused-ring (bicyclic) bond motifs is 1. The van der Waals surface area contributed by atoms with Crippen LogP contribution in [-0.2, 0) is 9.47 Å². The van der Waals surface area contributed by atoms with E-state index in [2.05, 4.69) is 5.32 Å². The fraction of sp³-hybridized carbons (Fsp3) is 0.857. The zero-order chi connectivity index (χ0) is 15.2. The molecule has 21 heavy (non-hydrogen) atoms. The highest BCUT2D eigenvalue weighted by atomic mass is 16.6. The van der Waals surface area contributed by atoms with Crippen LogP contribution in [-0.4, -0.2) is 72.0 Å². The summed E-state index contributed by atoms with van der Waals surface area (Å²) in [4.78, 5) is 27.6. The maximum atomic E-state index is 12.1. The molecule has 0 spiro atoms. The molecule has 7 heteroatoms. The summed E-state index contributed by atoms with van der Waals surface area (Å²) in [5, 5.41) is 3.26. The number of ether oxygens (including phenoxy) is 2. The molecule has 2 amide bonds. The zero-order valence-corrected chi connectivity index (χ0v) is 12.8. The van der Waals surface area contributed by atoms with E-state index in [1.165, 1.54) is 0 Å². The van der Waals surface area contributed by atoms with Crippen molar-refractivity contribution in [3.05, 3.63) is 0 Å². The van der Waals surface area contributed by atoms with Crippen molar-refractivity contribution < 1.29 is 19.1 Å². The second-order valence-electron chi connectivity index (χ2n) is 6.93. The third-order valence-electron chi connectivity index (χ3n) is 4.14. The Labute approximate surface area is 124 Å². The largest absolute Gasteiger partial charge is 0.444 e. The number of hydrogen-bond acceptors (Lipinski definition) is 5. The summed E-state index contributed by atoms with van der Waals surface area (Å²) in [6.07, 6.45) is 0.121. The number of carbonyl (C=O) groups is 2. The minimum absolute atomic E-state index is 0.0464. The lowest BCUT2D eigenvalue weighted by Crippen LogP contribution is -2.46. The van der Waals surface area contributed by atoms with Gasteiger partial charge in [-0.3, -0.25) is 4.90 Å². The van der Waals surface area contributed by atoms with Gasteiger partial charge < -0.3 is 19.7 Å². The minimum atomic E-state index is -0.513. The molecule has 1 N–H and O–H groups in total. The van der Waals surface area contributed by atoms with Crippen LogP contribution in [0.5, 0.6) is 0 Å². The lowest BCUT2D eigenvalue weighted by atomic mass is 10.1. The van der Waals surface area contributed by atoms with Crippen molar-refractivity contribution >= 4 is 12.2 Å². The number of amides is 2. The minimum Gasteiger partial charge on any atom is -0.444 e. The smallest absolute Gasteiger partial charge is 0.410 e. The Kier molecular flexibility index (Phi) is 3.47. The number of nitrogens with one attached hydrogen (secondary N) is 1. The van der Waals surface area contributed by atoms with Crippen LogP contribution in [0.2, 0.25) is 0 Å². The SMILES string of the molecule is CC(C)(C)OC(=O)N1C[C@@H]2OC(=O)N([C@@H]3CCNC3)[C@@H]2C1. The van der Waals surface area contributed by atoms with E-state index < -0.39 is 5.60 Å². The van der Waals surface area contributed by atoms with Crippen molar-refractivity contribution in [1.82, 2.24) is 15.1 Å². The van der Waals surface area contributed by atoms with Gasteiger partial charge in [-0.05, 0) is 33.7 Å². The van der Waals surface area contributed by atoms with Crippen LogP contribution >= 0.6 is 0 Å². The first-order chi connectivity index (χ1) is 9.85. The van der Waals surface area contributed by atoms with Gasteiger partial charge in [-0.25, -0.2) is 9.59 Å². The summed E-state index contributed by atoms with van der Waals surface area (Å²) in [5.74, 6) is 0. The molecule has 3 aliphatic rings. The van der Waals surface area contributed by atoms with Crippen LogP contribution in [0.1, 0.15) is 27.2 Å². The molecule has 118 valence electrons. The highest BCUT2D eigenvalue weighted by molar-refractivity contribution is 5.74.